The monoisotopic (exact) mass is 551 g/mol. The smallest absolute Gasteiger partial charge is 0.251 e. The lowest BCUT2D eigenvalue weighted by Gasteiger charge is -2.43. The lowest BCUT2D eigenvalue weighted by molar-refractivity contribution is -0.140. The van der Waals surface area contributed by atoms with Crippen molar-refractivity contribution >= 4 is 23.4 Å². The highest BCUT2D eigenvalue weighted by Gasteiger charge is 2.50. The highest BCUT2D eigenvalue weighted by molar-refractivity contribution is 6.30. The van der Waals surface area contributed by atoms with E-state index in [0.29, 0.717) is 54.0 Å². The Balaban J connectivity index is 1.28. The molecule has 10 nitrogen and oxygen atoms in total. The quantitative estimate of drug-likeness (QED) is 0.533. The van der Waals surface area contributed by atoms with Gasteiger partial charge in [-0.15, -0.1) is 5.10 Å². The zero-order chi connectivity index (χ0) is 27.0. The summed E-state index contributed by atoms with van der Waals surface area (Å²) in [6, 6.07) is 12.2. The fraction of sp³-hybridized carbons (Fsp3) is 0.429. The Morgan fingerprint density at radius 2 is 2.00 bits per heavy atom. The number of aromatic nitrogens is 3. The zero-order valence-corrected chi connectivity index (χ0v) is 22.4. The van der Waals surface area contributed by atoms with Crippen molar-refractivity contribution in [3.8, 4) is 11.5 Å². The van der Waals surface area contributed by atoms with Gasteiger partial charge in [-0.2, -0.15) is 0 Å². The molecule has 11 heteroatoms. The molecule has 3 aromatic rings. The van der Waals surface area contributed by atoms with Gasteiger partial charge in [0.25, 0.3) is 5.91 Å². The number of fused-ring (bicyclic) bond motifs is 5. The molecule has 2 aliphatic heterocycles. The molecule has 0 unspecified atom stereocenters. The molecule has 4 bridgehead atoms. The van der Waals surface area contributed by atoms with Gasteiger partial charge in [-0.05, 0) is 48.7 Å². The minimum Gasteiger partial charge on any atom is -0.493 e. The average molecular weight is 552 g/mol. The molecule has 1 saturated carbocycles. The van der Waals surface area contributed by atoms with Gasteiger partial charge in [-0.1, -0.05) is 35.4 Å². The first-order valence-corrected chi connectivity index (χ1v) is 13.5. The second-order valence-corrected chi connectivity index (χ2v) is 10.7. The van der Waals surface area contributed by atoms with Crippen molar-refractivity contribution in [3.63, 3.8) is 0 Å². The molecule has 2 fully saturated rings. The number of carbonyl (C=O) groups excluding carboxylic acids is 2. The molecule has 1 aromatic heterocycles. The van der Waals surface area contributed by atoms with E-state index < -0.39 is 17.6 Å². The molecule has 3 aliphatic rings. The molecule has 1 N–H and O–H groups in total. The van der Waals surface area contributed by atoms with Gasteiger partial charge in [0.15, 0.2) is 11.5 Å². The Kier molecular flexibility index (Phi) is 6.90. The predicted molar refractivity (Wildman–Crippen MR) is 142 cm³/mol. The van der Waals surface area contributed by atoms with Crippen LogP contribution in [-0.4, -0.2) is 70.7 Å². The molecular formula is C28H30ClN5O5. The summed E-state index contributed by atoms with van der Waals surface area (Å²) < 4.78 is 19.3. The summed E-state index contributed by atoms with van der Waals surface area (Å²) in [6.45, 7) is 1.71. The Hall–Kier alpha value is -3.63. The molecular weight excluding hydrogens is 522 g/mol. The molecule has 3 heterocycles. The van der Waals surface area contributed by atoms with Crippen LogP contribution in [0.1, 0.15) is 40.9 Å². The topological polar surface area (TPSA) is 108 Å². The number of methoxy groups -OCH3 is 1. The Morgan fingerprint density at radius 3 is 2.74 bits per heavy atom. The molecule has 2 amide bonds. The van der Waals surface area contributed by atoms with E-state index in [2.05, 4.69) is 15.6 Å². The van der Waals surface area contributed by atoms with Crippen LogP contribution in [0.4, 0.5) is 0 Å². The van der Waals surface area contributed by atoms with E-state index in [0.717, 1.165) is 24.8 Å². The largest absolute Gasteiger partial charge is 0.493 e. The third-order valence-electron chi connectivity index (χ3n) is 7.92. The van der Waals surface area contributed by atoms with Crippen LogP contribution in [0, 0.1) is 0 Å². The number of hydrogen-bond donors (Lipinski definition) is 1. The van der Waals surface area contributed by atoms with Crippen LogP contribution in [-0.2, 0) is 28.1 Å². The number of nitrogens with zero attached hydrogens (tertiary/aromatic N) is 4. The minimum atomic E-state index is -0.573. The third-order valence-corrected chi connectivity index (χ3v) is 8.17. The summed E-state index contributed by atoms with van der Waals surface area (Å²) in [7, 11) is 1.55. The predicted octanol–water partition coefficient (Wildman–Crippen LogP) is 2.98. The van der Waals surface area contributed by atoms with Crippen molar-refractivity contribution in [1.29, 1.82) is 0 Å². The number of ether oxygens (including phenoxy) is 3. The number of nitrogens with one attached hydrogen (secondary N) is 1. The van der Waals surface area contributed by atoms with Crippen LogP contribution in [0.3, 0.4) is 0 Å². The number of hydrogen-bond acceptors (Lipinski definition) is 7. The number of halogens is 1. The van der Waals surface area contributed by atoms with Gasteiger partial charge in [-0.25, -0.2) is 4.68 Å². The fourth-order valence-corrected chi connectivity index (χ4v) is 5.74. The van der Waals surface area contributed by atoms with Gasteiger partial charge >= 0.3 is 0 Å². The van der Waals surface area contributed by atoms with E-state index in [1.807, 2.05) is 35.4 Å². The Bertz CT molecular complexity index is 1370. The van der Waals surface area contributed by atoms with Crippen molar-refractivity contribution in [2.24, 2.45) is 0 Å². The number of benzene rings is 2. The first-order chi connectivity index (χ1) is 18.9. The molecule has 2 aromatic carbocycles. The van der Waals surface area contributed by atoms with E-state index in [4.69, 9.17) is 25.8 Å². The van der Waals surface area contributed by atoms with E-state index in [9.17, 15) is 9.59 Å². The maximum absolute atomic E-state index is 14.0. The van der Waals surface area contributed by atoms with Crippen LogP contribution >= 0.6 is 11.6 Å². The second-order valence-electron chi connectivity index (χ2n) is 10.3. The molecule has 1 aliphatic carbocycles. The van der Waals surface area contributed by atoms with E-state index in [1.165, 1.54) is 0 Å². The highest BCUT2D eigenvalue weighted by atomic mass is 35.5. The van der Waals surface area contributed by atoms with Crippen molar-refractivity contribution in [2.75, 3.05) is 26.8 Å². The summed E-state index contributed by atoms with van der Waals surface area (Å²) in [6.07, 6.45) is 3.95. The molecule has 0 spiro atoms. The van der Waals surface area contributed by atoms with Gasteiger partial charge in [-0.3, -0.25) is 9.59 Å². The number of carbonyl (C=O) groups is 2. The average Bonchev–Trinajstić information content (AvgIpc) is 3.54. The molecule has 1 saturated heterocycles. The normalized spacial score (nSPS) is 22.4. The van der Waals surface area contributed by atoms with Crippen LogP contribution < -0.4 is 14.8 Å². The Labute approximate surface area is 231 Å². The van der Waals surface area contributed by atoms with Crippen molar-refractivity contribution in [3.05, 3.63) is 70.5 Å². The van der Waals surface area contributed by atoms with Gasteiger partial charge in [0.05, 0.1) is 44.0 Å². The third kappa shape index (κ3) is 4.94. The first-order valence-electron chi connectivity index (χ1n) is 13.1. The van der Waals surface area contributed by atoms with Crippen molar-refractivity contribution < 1.29 is 23.8 Å². The fourth-order valence-electron chi connectivity index (χ4n) is 5.61. The van der Waals surface area contributed by atoms with Crippen LogP contribution in [0.5, 0.6) is 11.5 Å². The van der Waals surface area contributed by atoms with Gasteiger partial charge < -0.3 is 24.4 Å². The molecule has 204 valence electrons. The molecule has 0 radical (unpaired) electrons. The maximum atomic E-state index is 14.0. The highest BCUT2D eigenvalue weighted by Crippen LogP contribution is 2.46. The zero-order valence-electron chi connectivity index (χ0n) is 21.6. The maximum Gasteiger partial charge on any atom is 0.251 e. The van der Waals surface area contributed by atoms with Crippen LogP contribution in [0.15, 0.2) is 48.7 Å². The Morgan fingerprint density at radius 1 is 1.18 bits per heavy atom. The number of rotatable bonds is 3. The van der Waals surface area contributed by atoms with Gasteiger partial charge in [0.2, 0.25) is 5.91 Å². The van der Waals surface area contributed by atoms with E-state index >= 15 is 0 Å². The molecule has 39 heavy (non-hydrogen) atoms. The lowest BCUT2D eigenvalue weighted by atomic mass is 9.63. The van der Waals surface area contributed by atoms with Gasteiger partial charge in [0.1, 0.15) is 12.3 Å². The molecule has 6 rings (SSSR count). The van der Waals surface area contributed by atoms with Gasteiger partial charge in [0, 0.05) is 23.7 Å². The van der Waals surface area contributed by atoms with E-state index in [-0.39, 0.29) is 18.4 Å². The first kappa shape index (κ1) is 25.6. The molecule has 2 atom stereocenters. The van der Waals surface area contributed by atoms with E-state index in [1.54, 1.807) is 30.0 Å². The second kappa shape index (κ2) is 10.5. The number of likely N-dealkylation sites (tertiary alicyclic amines) is 1. The van der Waals surface area contributed by atoms with Crippen molar-refractivity contribution in [2.45, 2.75) is 50.0 Å². The standard InChI is InChI=1S/C28H30ClN5O5/c1-37-23-8-3-18-13-24(23)38-12-11-34-14-21(31-32-34)17-39-25-16-33(15-22(25)30-26(18)35)27(36)28(9-2-10-28)19-4-6-20(29)7-5-19/h3-8,13-14,22,25H,2,9-12,15-17H2,1H3,(H,30,35)/t22-,25-/m0/s1. The lowest BCUT2D eigenvalue weighted by Crippen LogP contribution is -2.51. The summed E-state index contributed by atoms with van der Waals surface area (Å²) in [5.41, 5.74) is 1.50. The minimum absolute atomic E-state index is 0.0573. The summed E-state index contributed by atoms with van der Waals surface area (Å²) in [4.78, 5) is 29.2. The summed E-state index contributed by atoms with van der Waals surface area (Å²) in [5.74, 6) is 0.778. The SMILES string of the molecule is COc1ccc2cc1OCCn1cc(nn1)CO[C@H]1CN(C(=O)C3(c4ccc(Cl)cc4)CCC3)C[C@@H]1NC2=O. The van der Waals surface area contributed by atoms with Crippen LogP contribution in [0.25, 0.3) is 0 Å². The summed E-state index contributed by atoms with van der Waals surface area (Å²) >= 11 is 6.12. The summed E-state index contributed by atoms with van der Waals surface area (Å²) in [5, 5.41) is 12.1. The van der Waals surface area contributed by atoms with Crippen LogP contribution in [0.2, 0.25) is 5.02 Å². The van der Waals surface area contributed by atoms with Crippen molar-refractivity contribution in [1.82, 2.24) is 25.2 Å². The number of amides is 2.